The molecule has 3 aromatic rings. The van der Waals surface area contributed by atoms with Crippen molar-refractivity contribution < 1.29 is 9.53 Å². The first-order valence-electron chi connectivity index (χ1n) is 9.10. The van der Waals surface area contributed by atoms with Crippen molar-refractivity contribution in [2.24, 2.45) is 0 Å². The zero-order valence-corrected chi connectivity index (χ0v) is 16.7. The Hall–Kier alpha value is -2.55. The lowest BCUT2D eigenvalue weighted by molar-refractivity contribution is 0.0944. The molecule has 6 nitrogen and oxygen atoms in total. The summed E-state index contributed by atoms with van der Waals surface area (Å²) in [5.74, 6) is -0.266. The van der Waals surface area contributed by atoms with E-state index in [1.54, 1.807) is 11.3 Å². The molecule has 8 heteroatoms. The average molecular weight is 413 g/mol. The summed E-state index contributed by atoms with van der Waals surface area (Å²) >= 11 is 6.83. The zero-order valence-electron chi connectivity index (χ0n) is 15.1. The number of rotatable bonds is 4. The van der Waals surface area contributed by atoms with Gasteiger partial charge in [-0.25, -0.2) is 4.98 Å². The molecule has 1 fully saturated rings. The zero-order chi connectivity index (χ0) is 19.3. The number of fused-ring (bicyclic) bond motifs is 1. The van der Waals surface area contributed by atoms with Crippen molar-refractivity contribution in [1.82, 2.24) is 21.2 Å². The molecule has 0 radical (unpaired) electrons. The third-order valence-electron chi connectivity index (χ3n) is 4.54. The first kappa shape index (κ1) is 18.8. The highest BCUT2D eigenvalue weighted by molar-refractivity contribution is 7.80. The molecule has 0 spiro atoms. The van der Waals surface area contributed by atoms with Crippen LogP contribution in [0.5, 0.6) is 0 Å². The van der Waals surface area contributed by atoms with Crippen molar-refractivity contribution in [1.29, 1.82) is 0 Å². The van der Waals surface area contributed by atoms with Gasteiger partial charge in [0.2, 0.25) is 0 Å². The predicted octanol–water partition coefficient (Wildman–Crippen LogP) is 3.25. The second-order valence-electron chi connectivity index (χ2n) is 6.47. The molecule has 1 aliphatic heterocycles. The Labute approximate surface area is 172 Å². The van der Waals surface area contributed by atoms with Gasteiger partial charge in [0.05, 0.1) is 27.8 Å². The number of ether oxygens (including phenoxy) is 1. The van der Waals surface area contributed by atoms with Crippen LogP contribution in [0.15, 0.2) is 47.8 Å². The maximum absolute atomic E-state index is 12.8. The molecule has 3 heterocycles. The van der Waals surface area contributed by atoms with Crippen molar-refractivity contribution in [3.8, 4) is 10.6 Å². The Morgan fingerprint density at radius 1 is 1.25 bits per heavy atom. The Balaban J connectivity index is 1.47. The fourth-order valence-corrected chi connectivity index (χ4v) is 3.97. The summed E-state index contributed by atoms with van der Waals surface area (Å²) in [4.78, 5) is 18.5. The van der Waals surface area contributed by atoms with Gasteiger partial charge in [-0.05, 0) is 48.6 Å². The number of hydrogen-bond acceptors (Lipinski definition) is 5. The molecule has 3 N–H and O–H groups in total. The summed E-state index contributed by atoms with van der Waals surface area (Å²) < 4.78 is 5.55. The van der Waals surface area contributed by atoms with E-state index < -0.39 is 0 Å². The third-order valence-corrected chi connectivity index (χ3v) is 5.68. The summed E-state index contributed by atoms with van der Waals surface area (Å²) in [6.45, 7) is 1.42. The van der Waals surface area contributed by atoms with E-state index in [2.05, 4.69) is 21.2 Å². The van der Waals surface area contributed by atoms with Crippen LogP contribution < -0.4 is 16.2 Å². The molecule has 1 amide bonds. The number of thiocarbonyl (C=S) groups is 1. The number of aromatic nitrogens is 1. The highest BCUT2D eigenvalue weighted by Crippen LogP contribution is 2.27. The number of thiophene rings is 1. The summed E-state index contributed by atoms with van der Waals surface area (Å²) in [6, 6.07) is 13.4. The van der Waals surface area contributed by atoms with E-state index in [0.29, 0.717) is 17.2 Å². The third kappa shape index (κ3) is 4.30. The molecule has 144 valence electrons. The van der Waals surface area contributed by atoms with Crippen molar-refractivity contribution in [3.63, 3.8) is 0 Å². The minimum atomic E-state index is -0.266. The minimum Gasteiger partial charge on any atom is -0.376 e. The summed E-state index contributed by atoms with van der Waals surface area (Å²) in [7, 11) is 0. The number of para-hydroxylation sites is 1. The molecule has 1 aliphatic rings. The molecule has 1 aromatic carbocycles. The molecular formula is C20H20N4O2S2. The number of hydrazine groups is 1. The number of carbonyl (C=O) groups is 1. The highest BCUT2D eigenvalue weighted by atomic mass is 32.1. The van der Waals surface area contributed by atoms with Gasteiger partial charge in [0, 0.05) is 18.5 Å². The van der Waals surface area contributed by atoms with E-state index in [-0.39, 0.29) is 12.0 Å². The van der Waals surface area contributed by atoms with Gasteiger partial charge < -0.3 is 10.1 Å². The molecule has 28 heavy (non-hydrogen) atoms. The van der Waals surface area contributed by atoms with Crippen LogP contribution in [0.1, 0.15) is 23.2 Å². The maximum Gasteiger partial charge on any atom is 0.270 e. The van der Waals surface area contributed by atoms with Crippen LogP contribution in [0.3, 0.4) is 0 Å². The molecule has 1 saturated heterocycles. The normalized spacial score (nSPS) is 16.1. The van der Waals surface area contributed by atoms with Crippen LogP contribution >= 0.6 is 23.6 Å². The van der Waals surface area contributed by atoms with Crippen LogP contribution in [0.25, 0.3) is 21.5 Å². The highest BCUT2D eigenvalue weighted by Gasteiger charge is 2.16. The Bertz CT molecular complexity index is 985. The number of nitrogens with zero attached hydrogens (tertiary/aromatic N) is 1. The Morgan fingerprint density at radius 3 is 2.93 bits per heavy atom. The SMILES string of the molecule is O=C(NNC(=S)NCC1CCCO1)c1cc(-c2cccs2)nc2ccccc12. The van der Waals surface area contributed by atoms with Crippen molar-refractivity contribution in [2.75, 3.05) is 13.2 Å². The standard InChI is InChI=1S/C20H20N4O2S2/c25-19(23-24-20(27)21-12-13-5-3-9-26-13)15-11-17(18-8-4-10-28-18)22-16-7-2-1-6-14(15)16/h1-2,4,6-8,10-11,13H,3,5,9,12H2,(H,23,25)(H2,21,24,27). The molecule has 0 saturated carbocycles. The van der Waals surface area contributed by atoms with Crippen LogP contribution in [0.2, 0.25) is 0 Å². The van der Waals surface area contributed by atoms with Crippen LogP contribution in [0, 0.1) is 0 Å². The molecule has 2 aromatic heterocycles. The number of hydrogen-bond donors (Lipinski definition) is 3. The first-order valence-corrected chi connectivity index (χ1v) is 10.4. The van der Waals surface area contributed by atoms with Gasteiger partial charge in [-0.2, -0.15) is 0 Å². The van der Waals surface area contributed by atoms with Crippen molar-refractivity contribution in [2.45, 2.75) is 18.9 Å². The van der Waals surface area contributed by atoms with E-state index in [9.17, 15) is 4.79 Å². The van der Waals surface area contributed by atoms with Gasteiger partial charge in [0.25, 0.3) is 5.91 Å². The van der Waals surface area contributed by atoms with Gasteiger partial charge in [0.1, 0.15) is 0 Å². The van der Waals surface area contributed by atoms with Crippen LogP contribution in [0.4, 0.5) is 0 Å². The smallest absolute Gasteiger partial charge is 0.270 e. The van der Waals surface area contributed by atoms with E-state index in [1.165, 1.54) is 0 Å². The fraction of sp³-hybridized carbons (Fsp3) is 0.250. The maximum atomic E-state index is 12.8. The van der Waals surface area contributed by atoms with Crippen molar-refractivity contribution >= 4 is 45.5 Å². The topological polar surface area (TPSA) is 75.3 Å². The summed E-state index contributed by atoms with van der Waals surface area (Å²) in [5, 5.41) is 6.22. The van der Waals surface area contributed by atoms with Gasteiger partial charge in [0.15, 0.2) is 5.11 Å². The lowest BCUT2D eigenvalue weighted by Crippen LogP contribution is -2.48. The molecule has 1 unspecified atom stereocenters. The van der Waals surface area contributed by atoms with Crippen LogP contribution in [-0.2, 0) is 4.74 Å². The quantitative estimate of drug-likeness (QED) is 0.451. The molecule has 4 rings (SSSR count). The second-order valence-corrected chi connectivity index (χ2v) is 7.83. The van der Waals surface area contributed by atoms with E-state index in [1.807, 2.05) is 47.8 Å². The lowest BCUT2D eigenvalue weighted by atomic mass is 10.1. The van der Waals surface area contributed by atoms with E-state index >= 15 is 0 Å². The predicted molar refractivity (Wildman–Crippen MR) is 115 cm³/mol. The monoisotopic (exact) mass is 412 g/mol. The van der Waals surface area contributed by atoms with Crippen molar-refractivity contribution in [3.05, 3.63) is 53.4 Å². The number of carbonyl (C=O) groups excluding carboxylic acids is 1. The number of pyridine rings is 1. The van der Waals surface area contributed by atoms with E-state index in [4.69, 9.17) is 17.0 Å². The number of benzene rings is 1. The lowest BCUT2D eigenvalue weighted by Gasteiger charge is -2.15. The first-order chi connectivity index (χ1) is 13.7. The number of nitrogens with one attached hydrogen (secondary N) is 3. The molecule has 1 atom stereocenters. The molecular weight excluding hydrogens is 392 g/mol. The fourth-order valence-electron chi connectivity index (χ4n) is 3.15. The van der Waals surface area contributed by atoms with Gasteiger partial charge in [-0.1, -0.05) is 24.3 Å². The summed E-state index contributed by atoms with van der Waals surface area (Å²) in [5.41, 5.74) is 7.55. The Morgan fingerprint density at radius 2 is 2.14 bits per heavy atom. The number of amides is 1. The second kappa shape index (κ2) is 8.64. The summed E-state index contributed by atoms with van der Waals surface area (Å²) in [6.07, 6.45) is 2.27. The van der Waals surface area contributed by atoms with Crippen LogP contribution in [-0.4, -0.2) is 35.3 Å². The van der Waals surface area contributed by atoms with Gasteiger partial charge in [-0.3, -0.25) is 15.6 Å². The average Bonchev–Trinajstić information content (AvgIpc) is 3.43. The largest absolute Gasteiger partial charge is 0.376 e. The Kier molecular flexibility index (Phi) is 5.80. The molecule has 0 bridgehead atoms. The molecule has 0 aliphatic carbocycles. The minimum absolute atomic E-state index is 0.174. The van der Waals surface area contributed by atoms with E-state index in [0.717, 1.165) is 40.9 Å². The van der Waals surface area contributed by atoms with Gasteiger partial charge in [-0.15, -0.1) is 11.3 Å². The van der Waals surface area contributed by atoms with Gasteiger partial charge >= 0.3 is 0 Å².